The number of fused-ring (bicyclic) bond motifs is 1. The first-order valence-corrected chi connectivity index (χ1v) is 7.14. The maximum atomic E-state index is 6.15. The Morgan fingerprint density at radius 3 is 3.10 bits per heavy atom. The van der Waals surface area contributed by atoms with Gasteiger partial charge < -0.3 is 14.7 Å². The molecule has 3 heterocycles. The van der Waals surface area contributed by atoms with Gasteiger partial charge in [0, 0.05) is 19.1 Å². The average molecular weight is 274 g/mol. The van der Waals surface area contributed by atoms with Gasteiger partial charge >= 0.3 is 0 Å². The molecule has 0 spiro atoms. The van der Waals surface area contributed by atoms with Crippen LogP contribution < -0.4 is 5.73 Å². The normalized spacial score (nSPS) is 29.9. The van der Waals surface area contributed by atoms with Gasteiger partial charge in [0.2, 0.25) is 11.7 Å². The van der Waals surface area contributed by atoms with Crippen LogP contribution in [0, 0.1) is 11.8 Å². The third-order valence-corrected chi connectivity index (χ3v) is 4.56. The minimum absolute atomic E-state index is 0.367. The molecule has 6 nitrogen and oxygen atoms in total. The smallest absolute Gasteiger partial charge is 0.241 e. The van der Waals surface area contributed by atoms with Gasteiger partial charge in [0.1, 0.15) is 0 Å². The Morgan fingerprint density at radius 1 is 1.35 bits per heavy atom. The highest BCUT2D eigenvalue weighted by molar-refractivity contribution is 5.44. The minimum atomic E-state index is 0.367. The summed E-state index contributed by atoms with van der Waals surface area (Å²) in [6.45, 7) is 2.84. The molecule has 1 aliphatic heterocycles. The lowest BCUT2D eigenvalue weighted by molar-refractivity contribution is 0.249. The Hall–Kier alpha value is -1.66. The van der Waals surface area contributed by atoms with Crippen LogP contribution in [0.4, 0.5) is 0 Å². The lowest BCUT2D eigenvalue weighted by Crippen LogP contribution is -2.30. The first-order chi connectivity index (χ1) is 9.79. The van der Waals surface area contributed by atoms with Crippen molar-refractivity contribution in [3.63, 3.8) is 0 Å². The van der Waals surface area contributed by atoms with Crippen molar-refractivity contribution in [2.75, 3.05) is 13.1 Å². The van der Waals surface area contributed by atoms with Gasteiger partial charge in [-0.3, -0.25) is 4.90 Å². The summed E-state index contributed by atoms with van der Waals surface area (Å²) in [6.07, 6.45) is 4.03. The second-order valence-electron chi connectivity index (χ2n) is 5.85. The van der Waals surface area contributed by atoms with Gasteiger partial charge in [0.15, 0.2) is 5.76 Å². The molecule has 4 rings (SSSR count). The molecule has 1 saturated heterocycles. The summed E-state index contributed by atoms with van der Waals surface area (Å²) in [5.74, 6) is 3.19. The number of hydrogen-bond donors (Lipinski definition) is 1. The second kappa shape index (κ2) is 4.71. The summed E-state index contributed by atoms with van der Waals surface area (Å²) in [6, 6.07) is 4.01. The quantitative estimate of drug-likeness (QED) is 0.913. The van der Waals surface area contributed by atoms with Crippen molar-refractivity contribution in [3.8, 4) is 11.6 Å². The molecule has 2 aromatic heterocycles. The predicted molar refractivity (Wildman–Crippen MR) is 71.5 cm³/mol. The van der Waals surface area contributed by atoms with Crippen LogP contribution in [-0.4, -0.2) is 34.2 Å². The summed E-state index contributed by atoms with van der Waals surface area (Å²) in [5, 5.41) is 3.96. The Labute approximate surface area is 116 Å². The van der Waals surface area contributed by atoms with Gasteiger partial charge in [-0.15, -0.1) is 0 Å². The number of rotatable bonds is 3. The molecule has 2 fully saturated rings. The number of hydrogen-bond acceptors (Lipinski definition) is 6. The molecule has 106 valence electrons. The zero-order valence-electron chi connectivity index (χ0n) is 11.2. The summed E-state index contributed by atoms with van der Waals surface area (Å²) in [4.78, 5) is 6.75. The lowest BCUT2D eigenvalue weighted by Gasteiger charge is -2.15. The average Bonchev–Trinajstić information content (AvgIpc) is 3.17. The van der Waals surface area contributed by atoms with Crippen LogP contribution in [0.2, 0.25) is 0 Å². The van der Waals surface area contributed by atoms with E-state index in [4.69, 9.17) is 14.7 Å². The molecular formula is C14H18N4O2. The Kier molecular flexibility index (Phi) is 2.85. The Bertz CT molecular complexity index is 580. The van der Waals surface area contributed by atoms with Crippen molar-refractivity contribution in [2.24, 2.45) is 17.6 Å². The number of likely N-dealkylation sites (tertiary alicyclic amines) is 1. The molecule has 1 aliphatic carbocycles. The highest BCUT2D eigenvalue weighted by atomic mass is 16.5. The standard InChI is InChI=1S/C14H18N4O2/c15-11-4-3-9-6-18(7-10(9)11)8-13-16-14(17-20-13)12-2-1-5-19-12/h1-2,5,9-11H,3-4,6-8,15H2. The molecule has 0 radical (unpaired) electrons. The van der Waals surface area contributed by atoms with Gasteiger partial charge in [0.05, 0.1) is 12.8 Å². The molecule has 0 amide bonds. The van der Waals surface area contributed by atoms with Gasteiger partial charge in [-0.05, 0) is 36.8 Å². The van der Waals surface area contributed by atoms with Crippen LogP contribution in [0.3, 0.4) is 0 Å². The fraction of sp³-hybridized carbons (Fsp3) is 0.571. The van der Waals surface area contributed by atoms with Crippen LogP contribution in [0.1, 0.15) is 18.7 Å². The zero-order valence-corrected chi connectivity index (χ0v) is 11.2. The molecule has 1 saturated carbocycles. The van der Waals surface area contributed by atoms with E-state index in [-0.39, 0.29) is 0 Å². The fourth-order valence-corrected chi connectivity index (χ4v) is 3.55. The topological polar surface area (TPSA) is 81.3 Å². The maximum Gasteiger partial charge on any atom is 0.241 e. The SMILES string of the molecule is NC1CCC2CN(Cc3nc(-c4ccco4)no3)CC12. The van der Waals surface area contributed by atoms with Crippen molar-refractivity contribution in [3.05, 3.63) is 24.3 Å². The summed E-state index contributed by atoms with van der Waals surface area (Å²) >= 11 is 0. The zero-order chi connectivity index (χ0) is 13.5. The van der Waals surface area contributed by atoms with Crippen molar-refractivity contribution in [1.82, 2.24) is 15.0 Å². The number of furan rings is 1. The molecule has 20 heavy (non-hydrogen) atoms. The Balaban J connectivity index is 1.43. The maximum absolute atomic E-state index is 6.15. The molecule has 2 aromatic rings. The van der Waals surface area contributed by atoms with E-state index in [9.17, 15) is 0 Å². The molecule has 2 N–H and O–H groups in total. The highest BCUT2D eigenvalue weighted by Gasteiger charge is 2.41. The van der Waals surface area contributed by atoms with Crippen molar-refractivity contribution in [2.45, 2.75) is 25.4 Å². The molecule has 3 atom stereocenters. The van der Waals surface area contributed by atoms with E-state index in [1.807, 2.05) is 12.1 Å². The van der Waals surface area contributed by atoms with Gasteiger partial charge in [-0.1, -0.05) is 5.16 Å². The molecule has 6 heteroatoms. The van der Waals surface area contributed by atoms with Crippen LogP contribution in [0.15, 0.2) is 27.3 Å². The van der Waals surface area contributed by atoms with Gasteiger partial charge in [-0.2, -0.15) is 4.98 Å². The van der Waals surface area contributed by atoms with E-state index in [0.29, 0.717) is 36.0 Å². The molecule has 3 unspecified atom stereocenters. The number of nitrogens with two attached hydrogens (primary N) is 1. The van der Waals surface area contributed by atoms with Crippen LogP contribution >= 0.6 is 0 Å². The van der Waals surface area contributed by atoms with E-state index < -0.39 is 0 Å². The van der Waals surface area contributed by atoms with E-state index in [1.54, 1.807) is 6.26 Å². The van der Waals surface area contributed by atoms with Gasteiger partial charge in [0.25, 0.3) is 0 Å². The first-order valence-electron chi connectivity index (χ1n) is 7.14. The minimum Gasteiger partial charge on any atom is -0.461 e. The van der Waals surface area contributed by atoms with Crippen molar-refractivity contribution < 1.29 is 8.94 Å². The van der Waals surface area contributed by atoms with Crippen LogP contribution in [-0.2, 0) is 6.54 Å². The fourth-order valence-electron chi connectivity index (χ4n) is 3.55. The lowest BCUT2D eigenvalue weighted by atomic mass is 9.98. The second-order valence-corrected chi connectivity index (χ2v) is 5.85. The molecule has 2 aliphatic rings. The number of nitrogens with zero attached hydrogens (tertiary/aromatic N) is 3. The summed E-state index contributed by atoms with van der Waals surface area (Å²) in [7, 11) is 0. The third kappa shape index (κ3) is 2.05. The van der Waals surface area contributed by atoms with Crippen molar-refractivity contribution in [1.29, 1.82) is 0 Å². The van der Waals surface area contributed by atoms with E-state index >= 15 is 0 Å². The predicted octanol–water partition coefficient (Wildman–Crippen LogP) is 1.50. The molecular weight excluding hydrogens is 256 g/mol. The van der Waals surface area contributed by atoms with E-state index in [1.165, 1.54) is 12.8 Å². The third-order valence-electron chi connectivity index (χ3n) is 4.56. The largest absolute Gasteiger partial charge is 0.461 e. The molecule has 0 bridgehead atoms. The summed E-state index contributed by atoms with van der Waals surface area (Å²) in [5.41, 5.74) is 6.15. The van der Waals surface area contributed by atoms with E-state index in [0.717, 1.165) is 19.0 Å². The van der Waals surface area contributed by atoms with Crippen molar-refractivity contribution >= 4 is 0 Å². The first kappa shape index (κ1) is 12.1. The van der Waals surface area contributed by atoms with Crippen LogP contribution in [0.25, 0.3) is 11.6 Å². The Morgan fingerprint density at radius 2 is 2.30 bits per heavy atom. The number of aromatic nitrogens is 2. The monoisotopic (exact) mass is 274 g/mol. The highest BCUT2D eigenvalue weighted by Crippen LogP contribution is 2.37. The van der Waals surface area contributed by atoms with Crippen LogP contribution in [0.5, 0.6) is 0 Å². The molecule has 0 aromatic carbocycles. The van der Waals surface area contributed by atoms with E-state index in [2.05, 4.69) is 15.0 Å². The summed E-state index contributed by atoms with van der Waals surface area (Å²) < 4.78 is 10.6. The van der Waals surface area contributed by atoms with Gasteiger partial charge in [-0.25, -0.2) is 0 Å².